The minimum atomic E-state index is 0.0482. The van der Waals surface area contributed by atoms with Crippen LogP contribution < -0.4 is 20.1 Å². The van der Waals surface area contributed by atoms with Crippen LogP contribution in [-0.4, -0.2) is 32.7 Å². The van der Waals surface area contributed by atoms with Crippen molar-refractivity contribution in [1.29, 1.82) is 0 Å². The number of methoxy groups -OCH3 is 2. The van der Waals surface area contributed by atoms with Crippen molar-refractivity contribution in [3.05, 3.63) is 22.2 Å². The van der Waals surface area contributed by atoms with Crippen molar-refractivity contribution >= 4 is 21.8 Å². The van der Waals surface area contributed by atoms with Crippen LogP contribution in [0, 0.1) is 0 Å². The Morgan fingerprint density at radius 2 is 2.10 bits per heavy atom. The Morgan fingerprint density at radius 3 is 2.70 bits per heavy atom. The van der Waals surface area contributed by atoms with Gasteiger partial charge in [-0.15, -0.1) is 0 Å². The van der Waals surface area contributed by atoms with E-state index in [0.717, 1.165) is 22.9 Å². The molecule has 1 aromatic rings. The minimum absolute atomic E-state index is 0.0482. The van der Waals surface area contributed by atoms with Gasteiger partial charge in [0.15, 0.2) is 11.5 Å². The third-order valence-electron chi connectivity index (χ3n) is 3.05. The molecule has 1 aromatic carbocycles. The number of rotatable bonds is 7. The van der Waals surface area contributed by atoms with E-state index in [1.165, 1.54) is 0 Å². The first kappa shape index (κ1) is 15.1. The van der Waals surface area contributed by atoms with Crippen molar-refractivity contribution in [2.24, 2.45) is 0 Å². The molecule has 0 aromatic heterocycles. The lowest BCUT2D eigenvalue weighted by molar-refractivity contribution is -0.120. The number of benzene rings is 1. The minimum Gasteiger partial charge on any atom is -0.493 e. The highest BCUT2D eigenvalue weighted by molar-refractivity contribution is 9.10. The van der Waals surface area contributed by atoms with Gasteiger partial charge < -0.3 is 20.1 Å². The number of carbonyl (C=O) groups is 1. The van der Waals surface area contributed by atoms with Crippen LogP contribution in [-0.2, 0) is 11.3 Å². The average molecular weight is 343 g/mol. The van der Waals surface area contributed by atoms with Crippen molar-refractivity contribution in [3.63, 3.8) is 0 Å². The van der Waals surface area contributed by atoms with Gasteiger partial charge in [0.25, 0.3) is 0 Å². The Morgan fingerprint density at radius 1 is 1.35 bits per heavy atom. The first-order chi connectivity index (χ1) is 9.63. The lowest BCUT2D eigenvalue weighted by Gasteiger charge is -2.12. The van der Waals surface area contributed by atoms with Crippen LogP contribution in [0.15, 0.2) is 16.6 Å². The molecule has 0 atom stereocenters. The first-order valence-electron chi connectivity index (χ1n) is 6.54. The molecule has 2 rings (SSSR count). The Hall–Kier alpha value is -1.27. The van der Waals surface area contributed by atoms with E-state index >= 15 is 0 Å². The highest BCUT2D eigenvalue weighted by atomic mass is 79.9. The number of ether oxygens (including phenoxy) is 2. The van der Waals surface area contributed by atoms with Gasteiger partial charge in [0.05, 0.1) is 25.2 Å². The maximum atomic E-state index is 11.5. The third kappa shape index (κ3) is 4.11. The standard InChI is InChI=1S/C14H19BrN2O3/c1-19-12-6-9(5-11(15)14(12)20-2)7-16-8-13(18)17-10-3-4-10/h5-6,10,16H,3-4,7-8H2,1-2H3,(H,17,18). The van der Waals surface area contributed by atoms with Gasteiger partial charge >= 0.3 is 0 Å². The van der Waals surface area contributed by atoms with Gasteiger partial charge in [-0.3, -0.25) is 4.79 Å². The zero-order valence-corrected chi connectivity index (χ0v) is 13.2. The van der Waals surface area contributed by atoms with Crippen LogP contribution in [0.3, 0.4) is 0 Å². The molecule has 1 amide bonds. The van der Waals surface area contributed by atoms with E-state index in [1.807, 2.05) is 12.1 Å². The smallest absolute Gasteiger partial charge is 0.234 e. The summed E-state index contributed by atoms with van der Waals surface area (Å²) >= 11 is 3.45. The number of hydrogen-bond acceptors (Lipinski definition) is 4. The topological polar surface area (TPSA) is 59.6 Å². The van der Waals surface area contributed by atoms with E-state index < -0.39 is 0 Å². The van der Waals surface area contributed by atoms with Gasteiger partial charge in [-0.1, -0.05) is 0 Å². The summed E-state index contributed by atoms with van der Waals surface area (Å²) in [5.74, 6) is 1.39. The number of amides is 1. The van der Waals surface area contributed by atoms with Crippen LogP contribution in [0.25, 0.3) is 0 Å². The maximum Gasteiger partial charge on any atom is 0.234 e. The first-order valence-corrected chi connectivity index (χ1v) is 7.33. The molecule has 0 unspecified atom stereocenters. The molecule has 0 radical (unpaired) electrons. The van der Waals surface area contributed by atoms with Crippen molar-refractivity contribution in [2.75, 3.05) is 20.8 Å². The average Bonchev–Trinajstić information content (AvgIpc) is 3.21. The molecule has 0 spiro atoms. The molecular formula is C14H19BrN2O3. The molecule has 1 fully saturated rings. The second kappa shape index (κ2) is 6.95. The van der Waals surface area contributed by atoms with Crippen molar-refractivity contribution in [1.82, 2.24) is 10.6 Å². The van der Waals surface area contributed by atoms with Crippen LogP contribution in [0.5, 0.6) is 11.5 Å². The summed E-state index contributed by atoms with van der Waals surface area (Å²) < 4.78 is 11.4. The van der Waals surface area contributed by atoms with Gasteiger partial charge in [-0.25, -0.2) is 0 Å². The summed E-state index contributed by atoms with van der Waals surface area (Å²) in [5.41, 5.74) is 1.02. The monoisotopic (exact) mass is 342 g/mol. The van der Waals surface area contributed by atoms with E-state index in [4.69, 9.17) is 9.47 Å². The Balaban J connectivity index is 1.88. The number of carbonyl (C=O) groups excluding carboxylic acids is 1. The Labute approximate surface area is 127 Å². The second-order valence-corrected chi connectivity index (χ2v) is 5.61. The summed E-state index contributed by atoms with van der Waals surface area (Å²) in [5, 5.41) is 6.06. The molecule has 1 saturated carbocycles. The predicted octanol–water partition coefficient (Wildman–Crippen LogP) is 1.83. The zero-order valence-electron chi connectivity index (χ0n) is 11.7. The summed E-state index contributed by atoms with van der Waals surface area (Å²) in [6, 6.07) is 4.25. The van der Waals surface area contributed by atoms with Gasteiger partial charge in [0.2, 0.25) is 5.91 Å². The molecule has 0 saturated heterocycles. The molecule has 1 aliphatic rings. The molecule has 2 N–H and O–H groups in total. The van der Waals surface area contributed by atoms with Crippen molar-refractivity contribution in [3.8, 4) is 11.5 Å². The molecule has 0 bridgehead atoms. The van der Waals surface area contributed by atoms with Crippen molar-refractivity contribution in [2.45, 2.75) is 25.4 Å². The molecular weight excluding hydrogens is 324 g/mol. The number of nitrogens with one attached hydrogen (secondary N) is 2. The fourth-order valence-electron chi connectivity index (χ4n) is 1.90. The van der Waals surface area contributed by atoms with Crippen molar-refractivity contribution < 1.29 is 14.3 Å². The summed E-state index contributed by atoms with van der Waals surface area (Å²) in [7, 11) is 3.20. The number of hydrogen-bond donors (Lipinski definition) is 2. The molecule has 110 valence electrons. The van der Waals surface area contributed by atoms with Crippen LogP contribution in [0.1, 0.15) is 18.4 Å². The van der Waals surface area contributed by atoms with E-state index in [9.17, 15) is 4.79 Å². The van der Waals surface area contributed by atoms with Gasteiger partial charge in [0.1, 0.15) is 0 Å². The lowest BCUT2D eigenvalue weighted by Crippen LogP contribution is -2.34. The molecule has 5 nitrogen and oxygen atoms in total. The fourth-order valence-corrected chi connectivity index (χ4v) is 2.55. The third-order valence-corrected chi connectivity index (χ3v) is 3.64. The number of halogens is 1. The molecule has 0 heterocycles. The van der Waals surface area contributed by atoms with E-state index in [2.05, 4.69) is 26.6 Å². The van der Waals surface area contributed by atoms with E-state index in [-0.39, 0.29) is 5.91 Å². The van der Waals surface area contributed by atoms with E-state index in [1.54, 1.807) is 14.2 Å². The summed E-state index contributed by atoms with van der Waals surface area (Å²) in [4.78, 5) is 11.5. The van der Waals surface area contributed by atoms with Gasteiger partial charge in [0, 0.05) is 12.6 Å². The maximum absolute atomic E-state index is 11.5. The second-order valence-electron chi connectivity index (χ2n) is 4.76. The Bertz CT molecular complexity index is 490. The highest BCUT2D eigenvalue weighted by Crippen LogP contribution is 2.36. The largest absolute Gasteiger partial charge is 0.493 e. The lowest BCUT2D eigenvalue weighted by atomic mass is 10.2. The normalized spacial score (nSPS) is 13.9. The quantitative estimate of drug-likeness (QED) is 0.793. The van der Waals surface area contributed by atoms with Crippen LogP contribution in [0.2, 0.25) is 0 Å². The predicted molar refractivity (Wildman–Crippen MR) is 80.1 cm³/mol. The molecule has 1 aliphatic carbocycles. The Kier molecular flexibility index (Phi) is 5.25. The molecule has 6 heteroatoms. The van der Waals surface area contributed by atoms with Crippen LogP contribution in [0.4, 0.5) is 0 Å². The molecule has 20 heavy (non-hydrogen) atoms. The van der Waals surface area contributed by atoms with Gasteiger partial charge in [-0.2, -0.15) is 0 Å². The fraction of sp³-hybridized carbons (Fsp3) is 0.500. The molecule has 0 aliphatic heterocycles. The van der Waals surface area contributed by atoms with E-state index in [0.29, 0.717) is 30.6 Å². The SMILES string of the molecule is COc1cc(CNCC(=O)NC2CC2)cc(Br)c1OC. The zero-order chi connectivity index (χ0) is 14.5. The highest BCUT2D eigenvalue weighted by Gasteiger charge is 2.22. The van der Waals surface area contributed by atoms with Crippen LogP contribution >= 0.6 is 15.9 Å². The summed E-state index contributed by atoms with van der Waals surface area (Å²) in [6.07, 6.45) is 2.21. The van der Waals surface area contributed by atoms with Gasteiger partial charge in [-0.05, 0) is 46.5 Å². The summed E-state index contributed by atoms with van der Waals surface area (Å²) in [6.45, 7) is 0.916.